The van der Waals surface area contributed by atoms with E-state index >= 15 is 0 Å². The number of hydrogen-bond acceptors (Lipinski definition) is 4. The average molecular weight is 324 g/mol. The first-order valence-electron chi connectivity index (χ1n) is 9.72. The first-order valence-corrected chi connectivity index (χ1v) is 9.72. The molecule has 1 aliphatic heterocycles. The third-order valence-electron chi connectivity index (χ3n) is 5.86. The molecule has 0 radical (unpaired) electrons. The first kappa shape index (κ1) is 18.6. The molecule has 0 bridgehead atoms. The Morgan fingerprint density at radius 2 is 1.65 bits per heavy atom. The molecule has 0 spiro atoms. The van der Waals surface area contributed by atoms with Gasteiger partial charge in [0.05, 0.1) is 6.61 Å². The SMILES string of the molecule is CC1CCCCC1.CN1CC(CO)(CC2CCCCC2)N=C1N. The van der Waals surface area contributed by atoms with Crippen LogP contribution < -0.4 is 5.73 Å². The van der Waals surface area contributed by atoms with Gasteiger partial charge in [0.2, 0.25) is 0 Å². The molecule has 2 fully saturated rings. The van der Waals surface area contributed by atoms with E-state index in [9.17, 15) is 5.11 Å². The summed E-state index contributed by atoms with van der Waals surface area (Å²) in [6, 6.07) is 0. The molecule has 0 saturated heterocycles. The van der Waals surface area contributed by atoms with Gasteiger partial charge in [-0.15, -0.1) is 0 Å². The molecule has 1 unspecified atom stereocenters. The van der Waals surface area contributed by atoms with Gasteiger partial charge in [-0.1, -0.05) is 71.1 Å². The van der Waals surface area contributed by atoms with Crippen LogP contribution in [0.1, 0.15) is 77.6 Å². The van der Waals surface area contributed by atoms with E-state index in [1.165, 1.54) is 64.2 Å². The molecule has 23 heavy (non-hydrogen) atoms. The van der Waals surface area contributed by atoms with E-state index in [1.807, 2.05) is 11.9 Å². The number of nitrogens with two attached hydrogens (primary N) is 1. The molecule has 4 heteroatoms. The lowest BCUT2D eigenvalue weighted by Crippen LogP contribution is -2.40. The highest BCUT2D eigenvalue weighted by Crippen LogP contribution is 2.34. The molecule has 0 aromatic carbocycles. The molecule has 1 heterocycles. The maximum Gasteiger partial charge on any atom is 0.191 e. The van der Waals surface area contributed by atoms with E-state index in [1.54, 1.807) is 0 Å². The quantitative estimate of drug-likeness (QED) is 0.835. The minimum atomic E-state index is -0.319. The second-order valence-electron chi connectivity index (χ2n) is 8.16. The van der Waals surface area contributed by atoms with Crippen LogP contribution in [0.3, 0.4) is 0 Å². The predicted octanol–water partition coefficient (Wildman–Crippen LogP) is 3.53. The minimum absolute atomic E-state index is 0.120. The molecule has 3 N–H and O–H groups in total. The molecule has 3 aliphatic rings. The second kappa shape index (κ2) is 8.91. The Morgan fingerprint density at radius 1 is 1.09 bits per heavy atom. The van der Waals surface area contributed by atoms with Crippen LogP contribution in [0, 0.1) is 11.8 Å². The summed E-state index contributed by atoms with van der Waals surface area (Å²) in [5.74, 6) is 2.34. The largest absolute Gasteiger partial charge is 0.394 e. The Kier molecular flexibility index (Phi) is 7.19. The monoisotopic (exact) mass is 323 g/mol. The third-order valence-corrected chi connectivity index (χ3v) is 5.86. The highest BCUT2D eigenvalue weighted by molar-refractivity contribution is 5.80. The number of aliphatic hydroxyl groups excluding tert-OH is 1. The average Bonchev–Trinajstić information content (AvgIpc) is 2.84. The molecule has 2 saturated carbocycles. The van der Waals surface area contributed by atoms with Crippen molar-refractivity contribution in [2.45, 2.75) is 83.1 Å². The standard InChI is InChI=1S/C12H23N3O.C7H14/c1-15-8-12(9-16,14-11(15)13)7-10-5-3-2-4-6-10;1-7-5-3-2-4-6-7/h10,16H,2-9H2,1H3,(H2,13,14);7H,2-6H2,1H3. The van der Waals surface area contributed by atoms with Crippen molar-refractivity contribution in [3.05, 3.63) is 0 Å². The first-order chi connectivity index (χ1) is 11.0. The molecule has 3 rings (SSSR count). The van der Waals surface area contributed by atoms with Gasteiger partial charge in [-0.05, 0) is 18.3 Å². The van der Waals surface area contributed by atoms with Crippen LogP contribution in [0.15, 0.2) is 4.99 Å². The lowest BCUT2D eigenvalue weighted by Gasteiger charge is -2.31. The normalized spacial score (nSPS) is 29.9. The van der Waals surface area contributed by atoms with Crippen LogP contribution in [0.4, 0.5) is 0 Å². The van der Waals surface area contributed by atoms with Gasteiger partial charge in [-0.25, -0.2) is 4.99 Å². The molecule has 4 nitrogen and oxygen atoms in total. The summed E-state index contributed by atoms with van der Waals surface area (Å²) >= 11 is 0. The minimum Gasteiger partial charge on any atom is -0.394 e. The van der Waals surface area contributed by atoms with Crippen LogP contribution >= 0.6 is 0 Å². The fourth-order valence-corrected chi connectivity index (χ4v) is 4.38. The lowest BCUT2D eigenvalue weighted by atomic mass is 9.80. The number of nitrogens with zero attached hydrogens (tertiary/aromatic N) is 2. The van der Waals surface area contributed by atoms with Gasteiger partial charge in [0.15, 0.2) is 5.96 Å². The van der Waals surface area contributed by atoms with Crippen LogP contribution in [0.25, 0.3) is 0 Å². The van der Waals surface area contributed by atoms with Crippen molar-refractivity contribution >= 4 is 5.96 Å². The molecule has 0 amide bonds. The van der Waals surface area contributed by atoms with Crippen molar-refractivity contribution in [1.29, 1.82) is 0 Å². The van der Waals surface area contributed by atoms with Crippen LogP contribution in [-0.4, -0.2) is 41.7 Å². The van der Waals surface area contributed by atoms with Crippen LogP contribution in [-0.2, 0) is 0 Å². The van der Waals surface area contributed by atoms with Crippen LogP contribution in [0.5, 0.6) is 0 Å². The van der Waals surface area contributed by atoms with Gasteiger partial charge in [-0.3, -0.25) is 0 Å². The number of rotatable bonds is 3. The summed E-state index contributed by atoms with van der Waals surface area (Å²) in [7, 11) is 1.94. The van der Waals surface area contributed by atoms with Crippen LogP contribution in [0.2, 0.25) is 0 Å². The molecule has 0 aromatic rings. The number of aliphatic imine (C=N–C) groups is 1. The topological polar surface area (TPSA) is 61.8 Å². The van der Waals surface area contributed by atoms with Gasteiger partial charge in [-0.2, -0.15) is 0 Å². The fourth-order valence-electron chi connectivity index (χ4n) is 4.38. The maximum atomic E-state index is 9.59. The summed E-state index contributed by atoms with van der Waals surface area (Å²) in [5, 5.41) is 9.59. The summed E-state index contributed by atoms with van der Waals surface area (Å²) < 4.78 is 0. The maximum absolute atomic E-state index is 9.59. The van der Waals surface area contributed by atoms with Gasteiger partial charge >= 0.3 is 0 Å². The molecular formula is C19H37N3O. The van der Waals surface area contributed by atoms with Gasteiger partial charge in [0.25, 0.3) is 0 Å². The van der Waals surface area contributed by atoms with Crippen molar-refractivity contribution in [2.24, 2.45) is 22.6 Å². The van der Waals surface area contributed by atoms with Crippen molar-refractivity contribution in [2.75, 3.05) is 20.2 Å². The predicted molar refractivity (Wildman–Crippen MR) is 97.5 cm³/mol. The third kappa shape index (κ3) is 5.66. The Hall–Kier alpha value is -0.770. The van der Waals surface area contributed by atoms with E-state index in [-0.39, 0.29) is 12.1 Å². The summed E-state index contributed by atoms with van der Waals surface area (Å²) in [6.07, 6.45) is 15.1. The smallest absolute Gasteiger partial charge is 0.191 e. The number of hydrogen-bond donors (Lipinski definition) is 2. The number of guanidine groups is 1. The van der Waals surface area contributed by atoms with Crippen molar-refractivity contribution < 1.29 is 5.11 Å². The Bertz CT molecular complexity index is 373. The Labute approximate surface area is 142 Å². The number of likely N-dealkylation sites (N-methyl/N-ethyl adjacent to an activating group) is 1. The highest BCUT2D eigenvalue weighted by atomic mass is 16.3. The van der Waals surface area contributed by atoms with Crippen molar-refractivity contribution in [1.82, 2.24) is 4.90 Å². The molecular weight excluding hydrogens is 286 g/mol. The Balaban J connectivity index is 0.000000229. The van der Waals surface area contributed by atoms with E-state index in [4.69, 9.17) is 5.73 Å². The molecule has 134 valence electrons. The van der Waals surface area contributed by atoms with Gasteiger partial charge in [0, 0.05) is 13.6 Å². The van der Waals surface area contributed by atoms with E-state index in [0.29, 0.717) is 5.96 Å². The van der Waals surface area contributed by atoms with Gasteiger partial charge < -0.3 is 15.7 Å². The van der Waals surface area contributed by atoms with E-state index < -0.39 is 0 Å². The zero-order valence-electron chi connectivity index (χ0n) is 15.3. The highest BCUT2D eigenvalue weighted by Gasteiger charge is 2.38. The fraction of sp³-hybridized carbons (Fsp3) is 0.947. The Morgan fingerprint density at radius 3 is 2.04 bits per heavy atom. The zero-order chi connectivity index (χ0) is 16.7. The summed E-state index contributed by atoms with van der Waals surface area (Å²) in [4.78, 5) is 6.43. The van der Waals surface area contributed by atoms with E-state index in [0.717, 1.165) is 24.8 Å². The molecule has 0 aromatic heterocycles. The lowest BCUT2D eigenvalue weighted by molar-refractivity contribution is 0.152. The molecule has 1 atom stereocenters. The van der Waals surface area contributed by atoms with E-state index in [2.05, 4.69) is 11.9 Å². The zero-order valence-corrected chi connectivity index (χ0v) is 15.3. The molecule has 2 aliphatic carbocycles. The summed E-state index contributed by atoms with van der Waals surface area (Å²) in [5.41, 5.74) is 5.48. The van der Waals surface area contributed by atoms with Crippen molar-refractivity contribution in [3.8, 4) is 0 Å². The second-order valence-corrected chi connectivity index (χ2v) is 8.16. The van der Waals surface area contributed by atoms with Crippen molar-refractivity contribution in [3.63, 3.8) is 0 Å². The number of aliphatic hydroxyl groups is 1. The summed E-state index contributed by atoms with van der Waals surface area (Å²) in [6.45, 7) is 3.25. The van der Waals surface area contributed by atoms with Gasteiger partial charge in [0.1, 0.15) is 5.54 Å².